The highest BCUT2D eigenvalue weighted by molar-refractivity contribution is 7.47. The number of aliphatic carboxylic acids is 1. The minimum Gasteiger partial charge on any atom is -0.480 e. The van der Waals surface area contributed by atoms with E-state index in [2.05, 4.69) is 92.1 Å². The normalized spacial score (nSPS) is 14.6. The zero-order chi connectivity index (χ0) is 39.3. The molecule has 1 amide bonds. The molecule has 0 bridgehead atoms. The van der Waals surface area contributed by atoms with Crippen LogP contribution in [0.1, 0.15) is 136 Å². The number of rotatable bonds is 35. The minimum atomic E-state index is -4.76. The second-order valence-electron chi connectivity index (χ2n) is 12.7. The molecule has 0 spiro atoms. The molecule has 53 heavy (non-hydrogen) atoms. The molecule has 0 rings (SSSR count). The number of carbonyl (C=O) groups is 3. The zero-order valence-corrected chi connectivity index (χ0v) is 33.2. The molecular formula is C41H68NO10P. The van der Waals surface area contributed by atoms with Crippen LogP contribution in [0.25, 0.3) is 0 Å². The van der Waals surface area contributed by atoms with Crippen LogP contribution in [0.4, 0.5) is 0 Å². The molecule has 0 aliphatic carbocycles. The van der Waals surface area contributed by atoms with Crippen LogP contribution in [-0.4, -0.2) is 64.9 Å². The van der Waals surface area contributed by atoms with Gasteiger partial charge in [0.1, 0.15) is 12.7 Å². The van der Waals surface area contributed by atoms with E-state index >= 15 is 0 Å². The van der Waals surface area contributed by atoms with Gasteiger partial charge in [0, 0.05) is 12.8 Å². The number of ether oxygens (including phenoxy) is 1. The summed E-state index contributed by atoms with van der Waals surface area (Å²) in [5, 5.41) is 21.7. The van der Waals surface area contributed by atoms with E-state index in [0.29, 0.717) is 12.8 Å². The Hall–Kier alpha value is -3.08. The topological polar surface area (TPSA) is 169 Å². The van der Waals surface area contributed by atoms with Gasteiger partial charge in [-0.25, -0.2) is 9.36 Å². The largest absolute Gasteiger partial charge is 0.480 e. The second kappa shape index (κ2) is 35.9. The molecule has 0 aromatic carbocycles. The predicted octanol–water partition coefficient (Wildman–Crippen LogP) is 9.38. The molecule has 302 valence electrons. The Balaban J connectivity index is 4.00. The van der Waals surface area contributed by atoms with Gasteiger partial charge in [-0.3, -0.25) is 18.6 Å². The lowest BCUT2D eigenvalue weighted by atomic mass is 10.1. The monoisotopic (exact) mass is 765 g/mol. The number of hydrogen-bond donors (Lipinski definition) is 4. The number of unbranched alkanes of at least 4 members (excludes halogenated alkanes) is 9. The van der Waals surface area contributed by atoms with Crippen molar-refractivity contribution in [2.75, 3.05) is 19.8 Å². The fourth-order valence-corrected chi connectivity index (χ4v) is 5.50. The van der Waals surface area contributed by atoms with E-state index < -0.39 is 57.6 Å². The molecule has 0 saturated heterocycles. The number of aliphatic hydroxyl groups excluding tert-OH is 1. The number of amides is 1. The van der Waals surface area contributed by atoms with Crippen molar-refractivity contribution in [3.63, 3.8) is 0 Å². The first-order chi connectivity index (χ1) is 25.6. The average molecular weight is 766 g/mol. The second-order valence-corrected chi connectivity index (χ2v) is 14.2. The van der Waals surface area contributed by atoms with Gasteiger partial charge >= 0.3 is 19.8 Å². The highest BCUT2D eigenvalue weighted by Gasteiger charge is 2.28. The molecule has 0 saturated carbocycles. The number of esters is 1. The molecule has 3 atom stereocenters. The molecule has 3 unspecified atom stereocenters. The Morgan fingerprint density at radius 1 is 0.623 bits per heavy atom. The summed E-state index contributed by atoms with van der Waals surface area (Å²) < 4.78 is 26.6. The van der Waals surface area contributed by atoms with Crippen molar-refractivity contribution in [2.24, 2.45) is 0 Å². The Morgan fingerprint density at radius 3 is 1.62 bits per heavy atom. The third kappa shape index (κ3) is 35.7. The molecule has 0 aliphatic heterocycles. The van der Waals surface area contributed by atoms with Crippen LogP contribution in [0.15, 0.2) is 72.9 Å². The van der Waals surface area contributed by atoms with Crippen molar-refractivity contribution >= 4 is 25.7 Å². The van der Waals surface area contributed by atoms with Gasteiger partial charge in [0.15, 0.2) is 6.04 Å². The lowest BCUT2D eigenvalue weighted by molar-refractivity contribution is -0.147. The zero-order valence-electron chi connectivity index (χ0n) is 32.3. The van der Waals surface area contributed by atoms with Gasteiger partial charge in [0.05, 0.1) is 13.2 Å². The standard InChI is InChI=1S/C41H68NO10P/c1-3-5-7-9-11-13-14-15-16-17-18-19-20-21-22-23-24-25-27-29-31-33-40(45)50-34-37(43)35-51-53(48,49)52-36-38(41(46)47)42-39(44)32-30-28-26-12-10-8-6-4-2/h5,7,11,13,15-16,18-19,21-22,24-25,37-38,43H,3-4,6,8-10,12,14,17,20,23,26-36H2,1-2H3,(H,42,44)(H,46,47)(H,48,49)/b7-5-,13-11-,16-15-,19-18-,22-21-,25-24-. The minimum absolute atomic E-state index is 0.139. The van der Waals surface area contributed by atoms with Crippen molar-refractivity contribution in [3.05, 3.63) is 72.9 Å². The number of phosphoric ester groups is 1. The highest BCUT2D eigenvalue weighted by atomic mass is 31.2. The smallest absolute Gasteiger partial charge is 0.472 e. The number of carbonyl (C=O) groups excluding carboxylic acids is 2. The lowest BCUT2D eigenvalue weighted by Gasteiger charge is -2.18. The number of hydrogen-bond acceptors (Lipinski definition) is 8. The van der Waals surface area contributed by atoms with Crippen LogP contribution < -0.4 is 5.32 Å². The maximum Gasteiger partial charge on any atom is 0.472 e. The fourth-order valence-electron chi connectivity index (χ4n) is 4.73. The Labute approximate surface area is 319 Å². The summed E-state index contributed by atoms with van der Waals surface area (Å²) in [5.74, 6) is -2.44. The predicted molar refractivity (Wildman–Crippen MR) is 212 cm³/mol. The average Bonchev–Trinajstić information content (AvgIpc) is 3.13. The van der Waals surface area contributed by atoms with Crippen molar-refractivity contribution in [3.8, 4) is 0 Å². The number of carboxylic acid groups (broad SMARTS) is 1. The van der Waals surface area contributed by atoms with Crippen molar-refractivity contribution in [2.45, 2.75) is 148 Å². The van der Waals surface area contributed by atoms with Crippen molar-refractivity contribution < 1.29 is 47.8 Å². The maximum absolute atomic E-state index is 12.2. The van der Waals surface area contributed by atoms with Gasteiger partial charge < -0.3 is 25.2 Å². The number of aliphatic hydroxyl groups is 1. The third-order valence-electron chi connectivity index (χ3n) is 7.76. The molecule has 4 N–H and O–H groups in total. The molecule has 0 radical (unpaired) electrons. The number of nitrogens with one attached hydrogen (secondary N) is 1. The number of carboxylic acids is 1. The summed E-state index contributed by atoms with van der Waals surface area (Å²) >= 11 is 0. The Morgan fingerprint density at radius 2 is 1.09 bits per heavy atom. The van der Waals surface area contributed by atoms with E-state index in [9.17, 15) is 34.1 Å². The van der Waals surface area contributed by atoms with Gasteiger partial charge in [-0.2, -0.15) is 0 Å². The van der Waals surface area contributed by atoms with Crippen LogP contribution in [-0.2, 0) is 32.7 Å². The summed E-state index contributed by atoms with van der Waals surface area (Å²) in [7, 11) is -4.76. The molecular weight excluding hydrogens is 697 g/mol. The van der Waals surface area contributed by atoms with E-state index in [4.69, 9.17) is 13.8 Å². The maximum atomic E-state index is 12.2. The quantitative estimate of drug-likeness (QED) is 0.0211. The van der Waals surface area contributed by atoms with E-state index in [-0.39, 0.29) is 12.8 Å². The van der Waals surface area contributed by atoms with Crippen molar-refractivity contribution in [1.29, 1.82) is 0 Å². The van der Waals surface area contributed by atoms with E-state index in [0.717, 1.165) is 77.0 Å². The molecule has 0 aromatic heterocycles. The Kier molecular flexibility index (Phi) is 33.8. The summed E-state index contributed by atoms with van der Waals surface area (Å²) in [6.45, 7) is 2.35. The Bertz CT molecular complexity index is 1180. The van der Waals surface area contributed by atoms with E-state index in [1.54, 1.807) is 0 Å². The summed E-state index contributed by atoms with van der Waals surface area (Å²) in [6, 6.07) is -1.55. The number of phosphoric acid groups is 1. The van der Waals surface area contributed by atoms with E-state index in [1.807, 2.05) is 0 Å². The summed E-state index contributed by atoms with van der Waals surface area (Å²) in [5.41, 5.74) is 0. The fraction of sp³-hybridized carbons (Fsp3) is 0.634. The molecule has 0 fully saturated rings. The first-order valence-electron chi connectivity index (χ1n) is 19.5. The van der Waals surface area contributed by atoms with Crippen LogP contribution in [0, 0.1) is 0 Å². The van der Waals surface area contributed by atoms with Gasteiger partial charge in [-0.05, 0) is 64.2 Å². The van der Waals surface area contributed by atoms with Gasteiger partial charge in [-0.15, -0.1) is 0 Å². The van der Waals surface area contributed by atoms with Crippen LogP contribution in [0.3, 0.4) is 0 Å². The first kappa shape index (κ1) is 49.9. The molecule has 11 nitrogen and oxygen atoms in total. The molecule has 0 heterocycles. The summed E-state index contributed by atoms with van der Waals surface area (Å²) in [4.78, 5) is 45.5. The van der Waals surface area contributed by atoms with E-state index in [1.165, 1.54) is 19.3 Å². The van der Waals surface area contributed by atoms with Crippen LogP contribution in [0.5, 0.6) is 0 Å². The number of allylic oxidation sites excluding steroid dienone is 12. The van der Waals surface area contributed by atoms with Gasteiger partial charge in [-0.1, -0.05) is 132 Å². The first-order valence-corrected chi connectivity index (χ1v) is 21.0. The SMILES string of the molecule is CC/C=C\C/C=C\C/C=C\C/C=C\C/C=C\C/C=C\CCCCC(=O)OCC(O)COP(=O)(O)OCC(NC(=O)CCCCCCCCCC)C(=O)O. The molecule has 0 aromatic rings. The van der Waals surface area contributed by atoms with Crippen molar-refractivity contribution in [1.82, 2.24) is 5.32 Å². The summed E-state index contributed by atoms with van der Waals surface area (Å²) in [6.07, 6.45) is 41.0. The van der Waals surface area contributed by atoms with Crippen LogP contribution >= 0.6 is 7.82 Å². The van der Waals surface area contributed by atoms with Gasteiger partial charge in [0.2, 0.25) is 5.91 Å². The molecule has 12 heteroatoms. The van der Waals surface area contributed by atoms with Crippen LogP contribution in [0.2, 0.25) is 0 Å². The third-order valence-corrected chi connectivity index (χ3v) is 8.71. The lowest BCUT2D eigenvalue weighted by Crippen LogP contribution is -2.43. The highest BCUT2D eigenvalue weighted by Crippen LogP contribution is 2.43. The molecule has 0 aliphatic rings. The van der Waals surface area contributed by atoms with Gasteiger partial charge in [0.25, 0.3) is 0 Å².